The van der Waals surface area contributed by atoms with Crippen molar-refractivity contribution in [3.63, 3.8) is 0 Å². The Kier molecular flexibility index (Phi) is 6.82. The third-order valence-electron chi connectivity index (χ3n) is 2.67. The van der Waals surface area contributed by atoms with Gasteiger partial charge in [-0.3, -0.25) is 0 Å². The molecular weight excluding hydrogens is 441 g/mol. The molecule has 1 aromatic carbocycles. The predicted molar refractivity (Wildman–Crippen MR) is 94.9 cm³/mol. The normalized spacial score (nSPS) is 10.7. The fourth-order valence-corrected chi connectivity index (χ4v) is 3.65. The molecule has 0 aliphatic rings. The minimum absolute atomic E-state index is 0.580. The van der Waals surface area contributed by atoms with E-state index < -0.39 is 0 Å². The SMILES string of the molecule is COc1cc(Br)c(OCCNCc2ccc(Cl)s2)cc1Br. The number of nitrogens with one attached hydrogen (secondary N) is 1. The van der Waals surface area contributed by atoms with E-state index in [1.807, 2.05) is 24.3 Å². The molecular formula is C14H14Br2ClNO2S. The van der Waals surface area contributed by atoms with Crippen LogP contribution in [0, 0.1) is 0 Å². The average molecular weight is 456 g/mol. The number of ether oxygens (including phenoxy) is 2. The summed E-state index contributed by atoms with van der Waals surface area (Å²) in [5.41, 5.74) is 0. The predicted octanol–water partition coefficient (Wildman–Crippen LogP) is 5.10. The molecule has 0 aliphatic heterocycles. The van der Waals surface area contributed by atoms with Crippen LogP contribution >= 0.6 is 54.8 Å². The molecule has 21 heavy (non-hydrogen) atoms. The van der Waals surface area contributed by atoms with E-state index >= 15 is 0 Å². The van der Waals surface area contributed by atoms with Gasteiger partial charge in [0.05, 0.1) is 20.4 Å². The van der Waals surface area contributed by atoms with Crippen LogP contribution in [-0.4, -0.2) is 20.3 Å². The molecule has 2 aromatic rings. The third kappa shape index (κ3) is 5.14. The van der Waals surface area contributed by atoms with Gasteiger partial charge in [-0.1, -0.05) is 11.6 Å². The molecule has 0 saturated heterocycles. The highest BCUT2D eigenvalue weighted by molar-refractivity contribution is 9.11. The lowest BCUT2D eigenvalue weighted by Crippen LogP contribution is -2.20. The zero-order chi connectivity index (χ0) is 15.2. The third-order valence-corrected chi connectivity index (χ3v) is 5.14. The summed E-state index contributed by atoms with van der Waals surface area (Å²) in [5.74, 6) is 1.55. The Morgan fingerprint density at radius 1 is 1.19 bits per heavy atom. The number of rotatable bonds is 7. The smallest absolute Gasteiger partial charge is 0.134 e. The highest BCUT2D eigenvalue weighted by Crippen LogP contribution is 2.35. The number of methoxy groups -OCH3 is 1. The minimum Gasteiger partial charge on any atom is -0.496 e. The maximum Gasteiger partial charge on any atom is 0.134 e. The molecule has 0 unspecified atom stereocenters. The number of halogens is 3. The van der Waals surface area contributed by atoms with Crippen LogP contribution in [0.1, 0.15) is 4.88 Å². The second-order valence-electron chi connectivity index (χ2n) is 4.15. The van der Waals surface area contributed by atoms with Gasteiger partial charge in [0.2, 0.25) is 0 Å². The van der Waals surface area contributed by atoms with Gasteiger partial charge in [-0.2, -0.15) is 0 Å². The summed E-state index contributed by atoms with van der Waals surface area (Å²) >= 11 is 14.4. The van der Waals surface area contributed by atoms with Crippen LogP contribution < -0.4 is 14.8 Å². The number of hydrogen-bond acceptors (Lipinski definition) is 4. The lowest BCUT2D eigenvalue weighted by molar-refractivity contribution is 0.311. The van der Waals surface area contributed by atoms with Gasteiger partial charge in [0.1, 0.15) is 18.1 Å². The molecule has 114 valence electrons. The molecule has 0 bridgehead atoms. The second-order valence-corrected chi connectivity index (χ2v) is 7.66. The first-order chi connectivity index (χ1) is 10.1. The molecule has 2 rings (SSSR count). The minimum atomic E-state index is 0.580. The van der Waals surface area contributed by atoms with E-state index in [0.29, 0.717) is 6.61 Å². The Morgan fingerprint density at radius 2 is 1.90 bits per heavy atom. The molecule has 1 aromatic heterocycles. The van der Waals surface area contributed by atoms with Crippen molar-refractivity contribution in [2.75, 3.05) is 20.3 Å². The zero-order valence-electron chi connectivity index (χ0n) is 11.3. The van der Waals surface area contributed by atoms with E-state index in [4.69, 9.17) is 21.1 Å². The van der Waals surface area contributed by atoms with Gasteiger partial charge in [-0.25, -0.2) is 0 Å². The Balaban J connectivity index is 1.77. The van der Waals surface area contributed by atoms with Crippen molar-refractivity contribution >= 4 is 54.8 Å². The largest absolute Gasteiger partial charge is 0.496 e. The maximum atomic E-state index is 5.88. The highest BCUT2D eigenvalue weighted by Gasteiger charge is 2.08. The van der Waals surface area contributed by atoms with Gasteiger partial charge in [0, 0.05) is 18.0 Å². The van der Waals surface area contributed by atoms with Crippen LogP contribution in [0.4, 0.5) is 0 Å². The van der Waals surface area contributed by atoms with Crippen molar-refractivity contribution < 1.29 is 9.47 Å². The van der Waals surface area contributed by atoms with Gasteiger partial charge < -0.3 is 14.8 Å². The first-order valence-electron chi connectivity index (χ1n) is 6.21. The molecule has 0 saturated carbocycles. The maximum absolute atomic E-state index is 5.88. The van der Waals surface area contributed by atoms with Gasteiger partial charge in [-0.05, 0) is 56.1 Å². The summed E-state index contributed by atoms with van der Waals surface area (Å²) < 4.78 is 13.5. The number of benzene rings is 1. The lowest BCUT2D eigenvalue weighted by atomic mass is 10.3. The van der Waals surface area contributed by atoms with E-state index in [0.717, 1.165) is 37.9 Å². The van der Waals surface area contributed by atoms with Crippen LogP contribution in [0.5, 0.6) is 11.5 Å². The molecule has 0 aliphatic carbocycles. The monoisotopic (exact) mass is 453 g/mol. The fraction of sp³-hybridized carbons (Fsp3) is 0.286. The second kappa shape index (κ2) is 8.39. The molecule has 3 nitrogen and oxygen atoms in total. The topological polar surface area (TPSA) is 30.5 Å². The van der Waals surface area contributed by atoms with E-state index in [2.05, 4.69) is 37.2 Å². The Labute approximate surface area is 149 Å². The summed E-state index contributed by atoms with van der Waals surface area (Å²) in [6.07, 6.45) is 0. The Morgan fingerprint density at radius 3 is 2.57 bits per heavy atom. The summed E-state index contributed by atoms with van der Waals surface area (Å²) in [6, 6.07) is 7.70. The van der Waals surface area contributed by atoms with Crippen molar-refractivity contribution in [3.8, 4) is 11.5 Å². The molecule has 0 radical (unpaired) electrons. The molecule has 0 fully saturated rings. The summed E-state index contributed by atoms with van der Waals surface area (Å²) in [4.78, 5) is 1.22. The molecule has 0 spiro atoms. The van der Waals surface area contributed by atoms with Crippen LogP contribution in [-0.2, 0) is 6.54 Å². The molecule has 1 heterocycles. The number of thiophene rings is 1. The highest BCUT2D eigenvalue weighted by atomic mass is 79.9. The lowest BCUT2D eigenvalue weighted by Gasteiger charge is -2.11. The Bertz CT molecular complexity index is 607. The van der Waals surface area contributed by atoms with Gasteiger partial charge in [0.25, 0.3) is 0 Å². The molecule has 0 atom stereocenters. The van der Waals surface area contributed by atoms with Crippen LogP contribution in [0.25, 0.3) is 0 Å². The van der Waals surface area contributed by atoms with Crippen LogP contribution in [0.2, 0.25) is 4.34 Å². The van der Waals surface area contributed by atoms with Gasteiger partial charge in [-0.15, -0.1) is 11.3 Å². The quantitative estimate of drug-likeness (QED) is 0.589. The molecule has 1 N–H and O–H groups in total. The zero-order valence-corrected chi connectivity index (χ0v) is 16.0. The van der Waals surface area contributed by atoms with Crippen molar-refractivity contribution in [1.29, 1.82) is 0 Å². The van der Waals surface area contributed by atoms with Crippen LogP contribution in [0.3, 0.4) is 0 Å². The summed E-state index contributed by atoms with van der Waals surface area (Å²) in [5, 5.41) is 3.32. The van der Waals surface area contributed by atoms with E-state index in [1.54, 1.807) is 18.4 Å². The van der Waals surface area contributed by atoms with E-state index in [1.165, 1.54) is 4.88 Å². The van der Waals surface area contributed by atoms with Crippen molar-refractivity contribution in [2.45, 2.75) is 6.54 Å². The standard InChI is InChI=1S/C14H14Br2ClNO2S/c1-19-12-6-11(16)13(7-10(12)15)20-5-4-18-8-9-2-3-14(17)21-9/h2-3,6-7,18H,4-5,8H2,1H3. The Hall–Kier alpha value is -0.270. The van der Waals surface area contributed by atoms with Crippen LogP contribution in [0.15, 0.2) is 33.2 Å². The first kappa shape index (κ1) is 17.1. The van der Waals surface area contributed by atoms with Crippen molar-refractivity contribution in [3.05, 3.63) is 42.4 Å². The molecule has 0 amide bonds. The van der Waals surface area contributed by atoms with E-state index in [-0.39, 0.29) is 0 Å². The van der Waals surface area contributed by atoms with Crippen molar-refractivity contribution in [2.24, 2.45) is 0 Å². The van der Waals surface area contributed by atoms with Gasteiger partial charge >= 0.3 is 0 Å². The van der Waals surface area contributed by atoms with E-state index in [9.17, 15) is 0 Å². The number of hydrogen-bond donors (Lipinski definition) is 1. The average Bonchev–Trinajstić information content (AvgIpc) is 2.87. The first-order valence-corrected chi connectivity index (χ1v) is 8.99. The van der Waals surface area contributed by atoms with Gasteiger partial charge in [0.15, 0.2) is 0 Å². The molecule has 7 heteroatoms. The summed E-state index contributed by atoms with van der Waals surface area (Å²) in [6.45, 7) is 2.14. The summed E-state index contributed by atoms with van der Waals surface area (Å²) in [7, 11) is 1.63. The fourth-order valence-electron chi connectivity index (χ4n) is 1.67. The van der Waals surface area contributed by atoms with Crippen molar-refractivity contribution in [1.82, 2.24) is 5.32 Å².